The molecule has 0 saturated carbocycles. The van der Waals surface area contributed by atoms with E-state index < -0.39 is 0 Å². The lowest BCUT2D eigenvalue weighted by Crippen LogP contribution is -2.00. The van der Waals surface area contributed by atoms with Crippen molar-refractivity contribution >= 4 is 17.7 Å². The van der Waals surface area contributed by atoms with E-state index >= 15 is 0 Å². The number of carbonyl (C=O) groups is 1. The van der Waals surface area contributed by atoms with Crippen molar-refractivity contribution in [3.63, 3.8) is 0 Å². The van der Waals surface area contributed by atoms with E-state index in [9.17, 15) is 4.79 Å². The largest absolute Gasteiger partial charge is 0.458 e. The maximum atomic E-state index is 11.5. The van der Waals surface area contributed by atoms with E-state index in [1.807, 2.05) is 42.5 Å². The predicted octanol–water partition coefficient (Wildman–Crippen LogP) is 3.03. The van der Waals surface area contributed by atoms with Gasteiger partial charge in [0.15, 0.2) is 0 Å². The predicted molar refractivity (Wildman–Crippen MR) is 76.1 cm³/mol. The fourth-order valence-electron chi connectivity index (χ4n) is 1.55. The second-order valence-corrected chi connectivity index (χ2v) is 4.09. The quantitative estimate of drug-likeness (QED) is 0.517. The number of hydrogen-bond acceptors (Lipinski definition) is 3. The first-order chi connectivity index (χ1) is 9.24. The molecule has 0 aliphatic carbocycles. The second kappa shape index (κ2) is 6.40. The van der Waals surface area contributed by atoms with Gasteiger partial charge in [-0.15, -0.1) is 0 Å². The van der Waals surface area contributed by atoms with Crippen LogP contribution < -0.4 is 5.73 Å². The zero-order valence-corrected chi connectivity index (χ0v) is 10.5. The third-order valence-electron chi connectivity index (χ3n) is 2.57. The first kappa shape index (κ1) is 12.9. The Labute approximate surface area is 112 Å². The summed E-state index contributed by atoms with van der Waals surface area (Å²) in [5.74, 6) is -0.360. The first-order valence-electron chi connectivity index (χ1n) is 5.98. The van der Waals surface area contributed by atoms with E-state index in [2.05, 4.69) is 0 Å². The molecule has 0 heterocycles. The van der Waals surface area contributed by atoms with Gasteiger partial charge >= 0.3 is 5.97 Å². The normalized spacial score (nSPS) is 10.5. The molecule has 0 saturated heterocycles. The molecule has 2 aromatic rings. The van der Waals surface area contributed by atoms with Gasteiger partial charge in [-0.1, -0.05) is 42.5 Å². The average Bonchev–Trinajstić information content (AvgIpc) is 2.45. The third-order valence-corrected chi connectivity index (χ3v) is 2.57. The van der Waals surface area contributed by atoms with Gasteiger partial charge in [0.1, 0.15) is 6.61 Å². The van der Waals surface area contributed by atoms with Crippen LogP contribution in [0.4, 0.5) is 5.69 Å². The highest BCUT2D eigenvalue weighted by Gasteiger charge is 1.98. The zero-order valence-electron chi connectivity index (χ0n) is 10.5. The number of rotatable bonds is 4. The number of anilines is 1. The molecule has 0 aliphatic rings. The number of benzene rings is 2. The summed E-state index contributed by atoms with van der Waals surface area (Å²) in [7, 11) is 0. The Kier molecular flexibility index (Phi) is 4.34. The topological polar surface area (TPSA) is 52.3 Å². The van der Waals surface area contributed by atoms with Gasteiger partial charge in [-0.25, -0.2) is 4.79 Å². The lowest BCUT2D eigenvalue weighted by atomic mass is 10.2. The van der Waals surface area contributed by atoms with Crippen molar-refractivity contribution in [3.8, 4) is 0 Å². The molecule has 2 rings (SSSR count). The Morgan fingerprint density at radius 1 is 1.05 bits per heavy atom. The molecule has 0 unspecified atom stereocenters. The smallest absolute Gasteiger partial charge is 0.331 e. The second-order valence-electron chi connectivity index (χ2n) is 4.09. The number of ether oxygens (including phenoxy) is 1. The molecule has 2 aromatic carbocycles. The van der Waals surface area contributed by atoms with Gasteiger partial charge in [0, 0.05) is 11.8 Å². The molecule has 0 aliphatic heterocycles. The lowest BCUT2D eigenvalue weighted by Gasteiger charge is -2.01. The first-order valence-corrected chi connectivity index (χ1v) is 5.98. The van der Waals surface area contributed by atoms with E-state index in [-0.39, 0.29) is 12.6 Å². The highest BCUT2D eigenvalue weighted by atomic mass is 16.5. The van der Waals surface area contributed by atoms with Crippen LogP contribution in [0.3, 0.4) is 0 Å². The molecule has 3 nitrogen and oxygen atoms in total. The van der Waals surface area contributed by atoms with Crippen LogP contribution in [-0.2, 0) is 16.1 Å². The van der Waals surface area contributed by atoms with E-state index in [0.717, 1.165) is 11.1 Å². The van der Waals surface area contributed by atoms with Gasteiger partial charge in [0.25, 0.3) is 0 Å². The molecule has 0 radical (unpaired) electrons. The molecule has 2 N–H and O–H groups in total. The molecule has 0 aromatic heterocycles. The molecule has 96 valence electrons. The molecular formula is C16H15NO2. The summed E-state index contributed by atoms with van der Waals surface area (Å²) >= 11 is 0. The van der Waals surface area contributed by atoms with Gasteiger partial charge in [0.2, 0.25) is 0 Å². The summed E-state index contributed by atoms with van der Waals surface area (Å²) < 4.78 is 5.12. The molecule has 0 spiro atoms. The molecule has 0 atom stereocenters. The molecule has 19 heavy (non-hydrogen) atoms. The summed E-state index contributed by atoms with van der Waals surface area (Å²) in [6, 6.07) is 16.8. The van der Waals surface area contributed by atoms with E-state index in [1.165, 1.54) is 6.08 Å². The van der Waals surface area contributed by atoms with Crippen molar-refractivity contribution in [2.75, 3.05) is 5.73 Å². The van der Waals surface area contributed by atoms with Gasteiger partial charge in [0.05, 0.1) is 0 Å². The molecule has 0 amide bonds. The number of esters is 1. The Hall–Kier alpha value is -2.55. The zero-order chi connectivity index (χ0) is 13.5. The molecule has 3 heteroatoms. The molecule has 0 bridgehead atoms. The van der Waals surface area contributed by atoms with Crippen LogP contribution in [0.15, 0.2) is 60.7 Å². The summed E-state index contributed by atoms with van der Waals surface area (Å²) in [5.41, 5.74) is 8.15. The lowest BCUT2D eigenvalue weighted by molar-refractivity contribution is -0.138. The van der Waals surface area contributed by atoms with Gasteiger partial charge in [-0.05, 0) is 29.3 Å². The van der Waals surface area contributed by atoms with E-state index in [1.54, 1.807) is 18.2 Å². The molecule has 0 fully saturated rings. The Morgan fingerprint density at radius 3 is 2.42 bits per heavy atom. The summed E-state index contributed by atoms with van der Waals surface area (Å²) in [6.45, 7) is 0.283. The maximum Gasteiger partial charge on any atom is 0.331 e. The minimum atomic E-state index is -0.360. The van der Waals surface area contributed by atoms with E-state index in [4.69, 9.17) is 10.5 Å². The summed E-state index contributed by atoms with van der Waals surface area (Å²) in [6.07, 6.45) is 3.11. The van der Waals surface area contributed by atoms with Crippen LogP contribution in [0.25, 0.3) is 6.08 Å². The fourth-order valence-corrected chi connectivity index (χ4v) is 1.55. The third kappa shape index (κ3) is 4.32. The number of carbonyl (C=O) groups excluding carboxylic acids is 1. The van der Waals surface area contributed by atoms with Crippen LogP contribution in [0.5, 0.6) is 0 Å². The van der Waals surface area contributed by atoms with Crippen LogP contribution in [0, 0.1) is 0 Å². The number of nitrogen functional groups attached to an aromatic ring is 1. The van der Waals surface area contributed by atoms with Crippen molar-refractivity contribution < 1.29 is 9.53 Å². The van der Waals surface area contributed by atoms with Crippen molar-refractivity contribution in [3.05, 3.63) is 71.8 Å². The average molecular weight is 253 g/mol. The van der Waals surface area contributed by atoms with Crippen LogP contribution in [0.1, 0.15) is 11.1 Å². The number of nitrogens with two attached hydrogens (primary N) is 1. The van der Waals surface area contributed by atoms with Crippen LogP contribution >= 0.6 is 0 Å². The van der Waals surface area contributed by atoms with Crippen LogP contribution in [0.2, 0.25) is 0 Å². The minimum absolute atomic E-state index is 0.283. The standard InChI is InChI=1S/C16H15NO2/c17-15-9-6-13(7-10-15)8-11-16(18)19-12-14-4-2-1-3-5-14/h1-11H,12,17H2/b11-8+. The van der Waals surface area contributed by atoms with Crippen molar-refractivity contribution in [2.45, 2.75) is 6.61 Å². The number of hydrogen-bond donors (Lipinski definition) is 1. The maximum absolute atomic E-state index is 11.5. The Balaban J connectivity index is 1.86. The monoisotopic (exact) mass is 253 g/mol. The summed E-state index contributed by atoms with van der Waals surface area (Å²) in [5, 5.41) is 0. The highest BCUT2D eigenvalue weighted by Crippen LogP contribution is 2.07. The fraction of sp³-hybridized carbons (Fsp3) is 0.0625. The molecular weight excluding hydrogens is 238 g/mol. The van der Waals surface area contributed by atoms with Crippen molar-refractivity contribution in [1.29, 1.82) is 0 Å². The Morgan fingerprint density at radius 2 is 1.74 bits per heavy atom. The Bertz CT molecular complexity index is 559. The van der Waals surface area contributed by atoms with Crippen molar-refractivity contribution in [2.24, 2.45) is 0 Å². The van der Waals surface area contributed by atoms with E-state index in [0.29, 0.717) is 5.69 Å². The van der Waals surface area contributed by atoms with Gasteiger partial charge < -0.3 is 10.5 Å². The van der Waals surface area contributed by atoms with Crippen LogP contribution in [-0.4, -0.2) is 5.97 Å². The van der Waals surface area contributed by atoms with Gasteiger partial charge in [-0.3, -0.25) is 0 Å². The minimum Gasteiger partial charge on any atom is -0.458 e. The van der Waals surface area contributed by atoms with Crippen molar-refractivity contribution in [1.82, 2.24) is 0 Å². The SMILES string of the molecule is Nc1ccc(/C=C/C(=O)OCc2ccccc2)cc1. The highest BCUT2D eigenvalue weighted by molar-refractivity contribution is 5.87. The summed E-state index contributed by atoms with van der Waals surface area (Å²) in [4.78, 5) is 11.5. The van der Waals surface area contributed by atoms with Gasteiger partial charge in [-0.2, -0.15) is 0 Å².